The number of nitrogens with one attached hydrogen (secondary N) is 1. The van der Waals surface area contributed by atoms with Crippen LogP contribution in [0.15, 0.2) is 71.6 Å². The van der Waals surface area contributed by atoms with Crippen LogP contribution in [0.3, 0.4) is 0 Å². The summed E-state index contributed by atoms with van der Waals surface area (Å²) in [4.78, 5) is 13.0. The lowest BCUT2D eigenvalue weighted by Crippen LogP contribution is -2.38. The minimum Gasteiger partial charge on any atom is -0.492 e. The molecule has 0 aliphatic carbocycles. The third-order valence-electron chi connectivity index (χ3n) is 4.79. The fraction of sp³-hybridized carbons (Fsp3) is 0.208. The monoisotopic (exact) mass is 472 g/mol. The van der Waals surface area contributed by atoms with E-state index in [2.05, 4.69) is 5.32 Å². The van der Waals surface area contributed by atoms with Gasteiger partial charge >= 0.3 is 0 Å². The van der Waals surface area contributed by atoms with E-state index in [9.17, 15) is 13.2 Å². The fourth-order valence-electron chi connectivity index (χ4n) is 3.17. The van der Waals surface area contributed by atoms with Crippen molar-refractivity contribution >= 4 is 38.9 Å². The Hall–Kier alpha value is -3.03. The van der Waals surface area contributed by atoms with E-state index < -0.39 is 22.5 Å². The van der Waals surface area contributed by atoms with E-state index >= 15 is 0 Å². The van der Waals surface area contributed by atoms with Crippen LogP contribution in [0.25, 0.3) is 0 Å². The van der Waals surface area contributed by atoms with Gasteiger partial charge in [0, 0.05) is 10.7 Å². The molecule has 0 radical (unpaired) electrons. The van der Waals surface area contributed by atoms with Gasteiger partial charge in [0.05, 0.1) is 17.2 Å². The number of sulfonamides is 1. The summed E-state index contributed by atoms with van der Waals surface area (Å²) in [5, 5.41) is 3.33. The Labute approximate surface area is 193 Å². The zero-order valence-corrected chi connectivity index (χ0v) is 19.7. The molecule has 0 aliphatic heterocycles. The highest BCUT2D eigenvalue weighted by Gasteiger charge is 2.29. The first-order valence-electron chi connectivity index (χ1n) is 10.1. The molecule has 6 nitrogen and oxygen atoms in total. The van der Waals surface area contributed by atoms with Gasteiger partial charge in [0.25, 0.3) is 10.0 Å². The zero-order chi connectivity index (χ0) is 23.3. The Morgan fingerprint density at radius 3 is 2.38 bits per heavy atom. The van der Waals surface area contributed by atoms with Gasteiger partial charge in [0.2, 0.25) is 5.91 Å². The average Bonchev–Trinajstić information content (AvgIpc) is 2.75. The second kappa shape index (κ2) is 10.1. The van der Waals surface area contributed by atoms with Crippen molar-refractivity contribution in [2.24, 2.45) is 0 Å². The predicted octanol–water partition coefficient (Wildman–Crippen LogP) is 5.19. The standard InChI is InChI=1S/C24H25ClN2O4S/c1-4-31-23-8-6-5-7-22(23)27(32(29,30)20-12-9-17(2)10-13-20)16-24(28)26-21-14-11-19(25)15-18(21)3/h5-15H,4,16H2,1-3H3,(H,26,28). The van der Waals surface area contributed by atoms with E-state index in [1.807, 2.05) is 20.8 Å². The van der Waals surface area contributed by atoms with Crippen LogP contribution in [0.4, 0.5) is 11.4 Å². The quantitative estimate of drug-likeness (QED) is 0.489. The lowest BCUT2D eigenvalue weighted by molar-refractivity contribution is -0.114. The van der Waals surface area contributed by atoms with E-state index in [0.29, 0.717) is 23.1 Å². The fourth-order valence-corrected chi connectivity index (χ4v) is 4.82. The molecule has 0 saturated carbocycles. The lowest BCUT2D eigenvalue weighted by Gasteiger charge is -2.26. The van der Waals surface area contributed by atoms with E-state index in [4.69, 9.17) is 16.3 Å². The number of hydrogen-bond donors (Lipinski definition) is 1. The molecule has 0 aromatic heterocycles. The number of rotatable bonds is 8. The summed E-state index contributed by atoms with van der Waals surface area (Å²) in [5.41, 5.74) is 2.55. The topological polar surface area (TPSA) is 75.7 Å². The smallest absolute Gasteiger partial charge is 0.264 e. The van der Waals surface area contributed by atoms with Crippen LogP contribution in [0, 0.1) is 13.8 Å². The summed E-state index contributed by atoms with van der Waals surface area (Å²) in [6.07, 6.45) is 0. The number of nitrogens with zero attached hydrogens (tertiary/aromatic N) is 1. The molecule has 0 unspecified atom stereocenters. The molecule has 0 aliphatic rings. The van der Waals surface area contributed by atoms with Crippen molar-refractivity contribution in [3.8, 4) is 5.75 Å². The molecular weight excluding hydrogens is 448 g/mol. The average molecular weight is 473 g/mol. The number of benzene rings is 3. The molecule has 1 amide bonds. The molecule has 0 spiro atoms. The van der Waals surface area contributed by atoms with Gasteiger partial charge in [0.15, 0.2) is 0 Å². The van der Waals surface area contributed by atoms with Crippen molar-refractivity contribution in [2.75, 3.05) is 22.8 Å². The summed E-state index contributed by atoms with van der Waals surface area (Å²) in [6, 6.07) is 18.3. The van der Waals surface area contributed by atoms with Gasteiger partial charge in [-0.1, -0.05) is 41.4 Å². The Morgan fingerprint density at radius 1 is 1.03 bits per heavy atom. The lowest BCUT2D eigenvalue weighted by atomic mass is 10.2. The highest BCUT2D eigenvalue weighted by atomic mass is 35.5. The molecule has 0 saturated heterocycles. The molecule has 3 aromatic rings. The highest BCUT2D eigenvalue weighted by Crippen LogP contribution is 2.32. The van der Waals surface area contributed by atoms with Crippen LogP contribution in [0.2, 0.25) is 5.02 Å². The number of carbonyl (C=O) groups is 1. The molecule has 0 fully saturated rings. The molecule has 32 heavy (non-hydrogen) atoms. The Morgan fingerprint density at radius 2 is 1.72 bits per heavy atom. The molecule has 3 rings (SSSR count). The summed E-state index contributed by atoms with van der Waals surface area (Å²) >= 11 is 5.99. The van der Waals surface area contributed by atoms with Crippen molar-refractivity contribution in [3.63, 3.8) is 0 Å². The third-order valence-corrected chi connectivity index (χ3v) is 6.80. The number of ether oxygens (including phenoxy) is 1. The molecule has 0 bridgehead atoms. The van der Waals surface area contributed by atoms with E-state index in [-0.39, 0.29) is 10.6 Å². The minimum absolute atomic E-state index is 0.0878. The van der Waals surface area contributed by atoms with Crippen LogP contribution >= 0.6 is 11.6 Å². The van der Waals surface area contributed by atoms with Crippen LogP contribution in [0.5, 0.6) is 5.75 Å². The van der Waals surface area contributed by atoms with Gasteiger partial charge in [-0.2, -0.15) is 0 Å². The van der Waals surface area contributed by atoms with Gasteiger partial charge in [-0.3, -0.25) is 9.10 Å². The number of anilines is 2. The summed E-state index contributed by atoms with van der Waals surface area (Å²) in [5.74, 6) is -0.112. The van der Waals surface area contributed by atoms with Crippen LogP contribution in [-0.4, -0.2) is 27.5 Å². The number of amides is 1. The van der Waals surface area contributed by atoms with Crippen molar-refractivity contribution in [1.82, 2.24) is 0 Å². The van der Waals surface area contributed by atoms with E-state index in [1.54, 1.807) is 54.6 Å². The van der Waals surface area contributed by atoms with Gasteiger partial charge in [-0.25, -0.2) is 8.42 Å². The predicted molar refractivity (Wildman–Crippen MR) is 128 cm³/mol. The molecular formula is C24H25ClN2O4S. The first-order chi connectivity index (χ1) is 15.2. The largest absolute Gasteiger partial charge is 0.492 e. The van der Waals surface area contributed by atoms with Crippen molar-refractivity contribution in [1.29, 1.82) is 0 Å². The molecule has 1 N–H and O–H groups in total. The maximum absolute atomic E-state index is 13.6. The SMILES string of the molecule is CCOc1ccccc1N(CC(=O)Nc1ccc(Cl)cc1C)S(=O)(=O)c1ccc(C)cc1. The van der Waals surface area contributed by atoms with Crippen molar-refractivity contribution < 1.29 is 17.9 Å². The first-order valence-corrected chi connectivity index (χ1v) is 11.9. The minimum atomic E-state index is -4.04. The Kier molecular flexibility index (Phi) is 7.43. The zero-order valence-electron chi connectivity index (χ0n) is 18.1. The molecule has 168 valence electrons. The normalized spacial score (nSPS) is 11.1. The Bertz CT molecular complexity index is 1210. The van der Waals surface area contributed by atoms with Gasteiger partial charge in [-0.05, 0) is 68.8 Å². The number of carbonyl (C=O) groups excluding carboxylic acids is 1. The van der Waals surface area contributed by atoms with E-state index in [1.165, 1.54) is 12.1 Å². The Balaban J connectivity index is 2.01. The van der Waals surface area contributed by atoms with Crippen molar-refractivity contribution in [2.45, 2.75) is 25.7 Å². The number of halogens is 1. The van der Waals surface area contributed by atoms with E-state index in [0.717, 1.165) is 15.4 Å². The highest BCUT2D eigenvalue weighted by molar-refractivity contribution is 7.92. The second-order valence-electron chi connectivity index (χ2n) is 7.23. The molecule has 0 atom stereocenters. The first kappa shape index (κ1) is 23.6. The summed E-state index contributed by atoms with van der Waals surface area (Å²) in [7, 11) is -4.04. The molecule has 3 aromatic carbocycles. The van der Waals surface area contributed by atoms with Crippen LogP contribution in [-0.2, 0) is 14.8 Å². The maximum Gasteiger partial charge on any atom is 0.264 e. The van der Waals surface area contributed by atoms with Crippen molar-refractivity contribution in [3.05, 3.63) is 82.9 Å². The number of para-hydroxylation sites is 2. The van der Waals surface area contributed by atoms with Crippen LogP contribution < -0.4 is 14.4 Å². The summed E-state index contributed by atoms with van der Waals surface area (Å²) in [6.45, 7) is 5.42. The molecule has 8 heteroatoms. The number of aryl methyl sites for hydroxylation is 2. The van der Waals surface area contributed by atoms with Gasteiger partial charge in [-0.15, -0.1) is 0 Å². The molecule has 0 heterocycles. The third kappa shape index (κ3) is 5.41. The maximum atomic E-state index is 13.6. The second-order valence-corrected chi connectivity index (χ2v) is 9.53. The van der Waals surface area contributed by atoms with Gasteiger partial charge in [0.1, 0.15) is 12.3 Å². The van der Waals surface area contributed by atoms with Gasteiger partial charge < -0.3 is 10.1 Å². The van der Waals surface area contributed by atoms with Crippen LogP contribution in [0.1, 0.15) is 18.1 Å². The summed E-state index contributed by atoms with van der Waals surface area (Å²) < 4.78 is 33.9. The number of hydrogen-bond acceptors (Lipinski definition) is 4.